The summed E-state index contributed by atoms with van der Waals surface area (Å²) in [5.74, 6) is -0.630. The lowest BCUT2D eigenvalue weighted by Gasteiger charge is -2.21. The van der Waals surface area contributed by atoms with E-state index >= 15 is 4.39 Å². The number of halogens is 1. The highest BCUT2D eigenvalue weighted by Crippen LogP contribution is 2.29. The van der Waals surface area contributed by atoms with Crippen LogP contribution in [0.5, 0.6) is 6.01 Å². The summed E-state index contributed by atoms with van der Waals surface area (Å²) in [5, 5.41) is 7.42. The zero-order valence-corrected chi connectivity index (χ0v) is 21.3. The Hall–Kier alpha value is -3.81. The number of hydrogen-bond donors (Lipinski definition) is 2. The van der Waals surface area contributed by atoms with Gasteiger partial charge in [0.2, 0.25) is 0 Å². The highest BCUT2D eigenvalue weighted by atomic mass is 19.1. The fraction of sp³-hybridized carbons (Fsp3) is 0.379. The predicted molar refractivity (Wildman–Crippen MR) is 142 cm³/mol. The van der Waals surface area contributed by atoms with Gasteiger partial charge in [0.05, 0.1) is 16.6 Å². The second kappa shape index (κ2) is 12.4. The van der Waals surface area contributed by atoms with Crippen molar-refractivity contribution in [1.82, 2.24) is 19.9 Å². The van der Waals surface area contributed by atoms with Crippen LogP contribution < -0.4 is 4.74 Å². The molecule has 0 bridgehead atoms. The monoisotopic (exact) mass is 504 g/mol. The molecule has 0 spiro atoms. The van der Waals surface area contributed by atoms with Crippen LogP contribution >= 0.6 is 0 Å². The van der Waals surface area contributed by atoms with Gasteiger partial charge in [-0.15, -0.1) is 0 Å². The van der Waals surface area contributed by atoms with E-state index in [-0.39, 0.29) is 11.9 Å². The van der Waals surface area contributed by atoms with Crippen molar-refractivity contribution in [2.24, 2.45) is 0 Å². The summed E-state index contributed by atoms with van der Waals surface area (Å²) >= 11 is 0. The van der Waals surface area contributed by atoms with E-state index in [1.165, 1.54) is 30.9 Å². The van der Waals surface area contributed by atoms with Gasteiger partial charge in [0, 0.05) is 24.9 Å². The molecule has 2 heterocycles. The summed E-state index contributed by atoms with van der Waals surface area (Å²) < 4.78 is 21.0. The molecule has 1 aliphatic rings. The van der Waals surface area contributed by atoms with Gasteiger partial charge in [-0.05, 0) is 73.9 Å². The van der Waals surface area contributed by atoms with Crippen LogP contribution in [-0.4, -0.2) is 37.1 Å². The third-order valence-electron chi connectivity index (χ3n) is 6.38. The van der Waals surface area contributed by atoms with Crippen molar-refractivity contribution in [3.63, 3.8) is 0 Å². The highest BCUT2D eigenvalue weighted by molar-refractivity contribution is 5.80. The van der Waals surface area contributed by atoms with Crippen LogP contribution in [0, 0.1) is 5.82 Å². The number of nitrogens with zero attached hydrogens (tertiary/aromatic N) is 3. The number of aryl methyl sites for hydroxylation is 1. The second-order valence-electron chi connectivity index (χ2n) is 9.39. The van der Waals surface area contributed by atoms with Crippen LogP contribution in [0.25, 0.3) is 33.5 Å². The zero-order valence-electron chi connectivity index (χ0n) is 21.3. The summed E-state index contributed by atoms with van der Waals surface area (Å²) in [4.78, 5) is 25.6. The molecule has 194 valence electrons. The van der Waals surface area contributed by atoms with Gasteiger partial charge in [-0.1, -0.05) is 31.9 Å². The minimum atomic E-state index is -0.833. The largest absolute Gasteiger partial charge is 0.481 e. The van der Waals surface area contributed by atoms with Crippen LogP contribution in [0.1, 0.15) is 64.4 Å². The molecule has 4 aromatic rings. The molecule has 1 fully saturated rings. The lowest BCUT2D eigenvalue weighted by molar-refractivity contribution is -0.134. The van der Waals surface area contributed by atoms with E-state index in [1.54, 1.807) is 18.5 Å². The quantitative estimate of drug-likeness (QED) is 0.282. The first-order chi connectivity index (χ1) is 17.9. The smallest absolute Gasteiger partial charge is 0.316 e. The van der Waals surface area contributed by atoms with Crippen molar-refractivity contribution in [2.75, 3.05) is 0 Å². The van der Waals surface area contributed by atoms with Crippen molar-refractivity contribution in [3.8, 4) is 28.5 Å². The second-order valence-corrected chi connectivity index (χ2v) is 9.39. The van der Waals surface area contributed by atoms with E-state index in [1.807, 2.05) is 12.1 Å². The van der Waals surface area contributed by atoms with Crippen LogP contribution in [0.15, 0.2) is 48.8 Å². The van der Waals surface area contributed by atoms with Crippen molar-refractivity contribution < 1.29 is 19.0 Å². The number of fused-ring (bicyclic) bond motifs is 1. The van der Waals surface area contributed by atoms with Crippen LogP contribution in [-0.2, 0) is 11.2 Å². The van der Waals surface area contributed by atoms with Gasteiger partial charge in [-0.3, -0.25) is 4.79 Å². The number of unbranched alkanes of at least 4 members (excludes halogenated alkanes) is 1. The third kappa shape index (κ3) is 7.12. The molecule has 0 aliphatic heterocycles. The van der Waals surface area contributed by atoms with Crippen LogP contribution in [0.2, 0.25) is 0 Å². The molecular weight excluding hydrogens is 471 g/mol. The Balaban J connectivity index is 0.000000747. The van der Waals surface area contributed by atoms with E-state index in [9.17, 15) is 0 Å². The Morgan fingerprint density at radius 1 is 1.08 bits per heavy atom. The average Bonchev–Trinajstić information content (AvgIpc) is 3.31. The van der Waals surface area contributed by atoms with E-state index in [2.05, 4.69) is 39.0 Å². The lowest BCUT2D eigenvalue weighted by Crippen LogP contribution is -2.20. The number of ether oxygens (including phenoxy) is 1. The van der Waals surface area contributed by atoms with Crippen molar-refractivity contribution in [2.45, 2.75) is 71.3 Å². The molecule has 7 nitrogen and oxygen atoms in total. The zero-order chi connectivity index (χ0) is 26.2. The van der Waals surface area contributed by atoms with E-state index in [0.717, 1.165) is 61.2 Å². The van der Waals surface area contributed by atoms with Crippen LogP contribution in [0.4, 0.5) is 4.39 Å². The third-order valence-corrected chi connectivity index (χ3v) is 6.38. The first-order valence-corrected chi connectivity index (χ1v) is 12.9. The maximum absolute atomic E-state index is 15.1. The van der Waals surface area contributed by atoms with E-state index < -0.39 is 5.97 Å². The molecular formula is C29H33FN4O3. The molecule has 0 amide bonds. The Bertz CT molecular complexity index is 1330. The molecule has 8 heteroatoms. The number of carbonyl (C=O) groups is 1. The SMILES string of the molecule is CC(=O)O.CCCCc1ccc2nc(-c3ccc(-c4cnc(OC5CCCCC5)nc4)cc3F)[nH]c2c1. The molecule has 5 rings (SSSR count). The normalized spacial score (nSPS) is 13.7. The van der Waals surface area contributed by atoms with Gasteiger partial charge in [0.25, 0.3) is 5.97 Å². The van der Waals surface area contributed by atoms with Crippen molar-refractivity contribution >= 4 is 17.0 Å². The number of aromatic nitrogens is 4. The number of carboxylic acids is 1. The predicted octanol–water partition coefficient (Wildman–Crippen LogP) is 6.97. The summed E-state index contributed by atoms with van der Waals surface area (Å²) in [6, 6.07) is 11.7. The Labute approximate surface area is 216 Å². The van der Waals surface area contributed by atoms with Gasteiger partial charge >= 0.3 is 6.01 Å². The number of imidazole rings is 1. The summed E-state index contributed by atoms with van der Waals surface area (Å²) in [6.07, 6.45) is 12.7. The van der Waals surface area contributed by atoms with Crippen molar-refractivity contribution in [3.05, 3.63) is 60.2 Å². The van der Waals surface area contributed by atoms with Gasteiger partial charge in [-0.2, -0.15) is 0 Å². The topological polar surface area (TPSA) is 101 Å². The molecule has 0 atom stereocenters. The number of nitrogens with one attached hydrogen (secondary N) is 1. The summed E-state index contributed by atoms with van der Waals surface area (Å²) in [7, 11) is 0. The Kier molecular flexibility index (Phi) is 8.82. The average molecular weight is 505 g/mol. The van der Waals surface area contributed by atoms with Gasteiger partial charge in [0.15, 0.2) is 0 Å². The van der Waals surface area contributed by atoms with E-state index in [4.69, 9.17) is 14.6 Å². The fourth-order valence-corrected chi connectivity index (χ4v) is 4.47. The summed E-state index contributed by atoms with van der Waals surface area (Å²) in [5.41, 5.74) is 4.97. The number of benzene rings is 2. The van der Waals surface area contributed by atoms with Gasteiger partial charge in [-0.25, -0.2) is 19.3 Å². The molecule has 37 heavy (non-hydrogen) atoms. The molecule has 2 aromatic heterocycles. The number of hydrogen-bond acceptors (Lipinski definition) is 5. The molecule has 0 saturated heterocycles. The first kappa shape index (κ1) is 26.3. The minimum absolute atomic E-state index is 0.202. The summed E-state index contributed by atoms with van der Waals surface area (Å²) in [6.45, 7) is 3.27. The number of aliphatic carboxylic acids is 1. The molecule has 2 aromatic carbocycles. The number of rotatable bonds is 7. The maximum atomic E-state index is 15.1. The standard InChI is InChI=1S/C27H29FN4O.C2H4O2/c1-2-3-7-18-10-13-24-25(14-18)32-26(31-24)22-12-11-19(15-23(22)28)20-16-29-27(30-17-20)33-21-8-5-4-6-9-21;1-2(3)4/h10-17,21H,2-9H2,1H3,(H,31,32);1H3,(H,3,4). The molecule has 2 N–H and O–H groups in total. The Morgan fingerprint density at radius 3 is 2.49 bits per heavy atom. The van der Waals surface area contributed by atoms with Crippen molar-refractivity contribution in [1.29, 1.82) is 0 Å². The maximum Gasteiger partial charge on any atom is 0.316 e. The fourth-order valence-electron chi connectivity index (χ4n) is 4.47. The first-order valence-electron chi connectivity index (χ1n) is 12.9. The van der Waals surface area contributed by atoms with Gasteiger partial charge in [0.1, 0.15) is 17.7 Å². The minimum Gasteiger partial charge on any atom is -0.481 e. The molecule has 0 radical (unpaired) electrons. The molecule has 1 aliphatic carbocycles. The highest BCUT2D eigenvalue weighted by Gasteiger charge is 2.16. The number of H-pyrrole nitrogens is 1. The number of carboxylic acid groups (broad SMARTS) is 1. The molecule has 0 unspecified atom stereocenters. The lowest BCUT2D eigenvalue weighted by atomic mass is 9.98. The Morgan fingerprint density at radius 2 is 1.81 bits per heavy atom. The van der Waals surface area contributed by atoms with E-state index in [0.29, 0.717) is 17.4 Å². The van der Waals surface area contributed by atoms with Gasteiger partial charge < -0.3 is 14.8 Å². The molecule has 1 saturated carbocycles. The number of aromatic amines is 1. The van der Waals surface area contributed by atoms with Crippen LogP contribution in [0.3, 0.4) is 0 Å².